The van der Waals surface area contributed by atoms with Crippen molar-refractivity contribution in [1.82, 2.24) is 9.97 Å². The van der Waals surface area contributed by atoms with E-state index in [1.54, 1.807) is 39.3 Å². The van der Waals surface area contributed by atoms with E-state index in [1.807, 2.05) is 12.1 Å². The number of aldehydes is 1. The molecule has 0 bridgehead atoms. The highest BCUT2D eigenvalue weighted by Crippen LogP contribution is 2.37. The Morgan fingerprint density at radius 3 is 2.24 bits per heavy atom. The molecule has 0 amide bonds. The molecule has 206 valence electrons. The van der Waals surface area contributed by atoms with Crippen LogP contribution < -0.4 is 19.7 Å². The van der Waals surface area contributed by atoms with E-state index < -0.39 is 22.3 Å². The molecular formula is C25H29F3N4O5S. The number of carbonyl (C=O) groups excluding carboxylic acids is 1. The Kier molecular flexibility index (Phi) is 9.36. The van der Waals surface area contributed by atoms with Crippen LogP contribution in [0, 0.1) is 0 Å². The molecule has 0 saturated carbocycles. The molecule has 1 fully saturated rings. The van der Waals surface area contributed by atoms with Gasteiger partial charge in [0, 0.05) is 24.5 Å². The van der Waals surface area contributed by atoms with Crippen LogP contribution >= 0.6 is 0 Å². The summed E-state index contributed by atoms with van der Waals surface area (Å²) in [6.45, 7) is 3.52. The number of hydrogen-bond donors (Lipinski definition) is 1. The van der Waals surface area contributed by atoms with E-state index in [2.05, 4.69) is 20.2 Å². The number of aromatic nitrogens is 2. The topological polar surface area (TPSA) is 111 Å². The number of hydrogen-bond acceptors (Lipinski definition) is 9. The number of fused-ring (bicyclic) bond motifs is 1. The highest BCUT2D eigenvalue weighted by atomic mass is 32.2. The van der Waals surface area contributed by atoms with Crippen molar-refractivity contribution in [2.75, 3.05) is 43.3 Å². The Bertz CT molecular complexity index is 1380. The summed E-state index contributed by atoms with van der Waals surface area (Å²) in [5, 5.41) is 4.13. The Labute approximate surface area is 218 Å². The third kappa shape index (κ3) is 7.03. The quantitative estimate of drug-likeness (QED) is 0.407. The smallest absolute Gasteiger partial charge is 0.446 e. The number of rotatable bonds is 7. The summed E-state index contributed by atoms with van der Waals surface area (Å²) in [4.78, 5) is 20.1. The largest absolute Gasteiger partial charge is 0.493 e. The van der Waals surface area contributed by atoms with E-state index in [9.17, 15) is 21.6 Å². The molecule has 0 unspecified atom stereocenters. The highest BCUT2D eigenvalue weighted by Gasteiger charge is 2.25. The van der Waals surface area contributed by atoms with Gasteiger partial charge in [0.15, 0.2) is 21.3 Å². The molecule has 1 aromatic heterocycles. The van der Waals surface area contributed by atoms with Gasteiger partial charge in [0.1, 0.15) is 12.1 Å². The number of carbonyl (C=O) groups is 1. The van der Waals surface area contributed by atoms with Crippen molar-refractivity contribution in [3.63, 3.8) is 0 Å². The van der Waals surface area contributed by atoms with Gasteiger partial charge in [0.05, 0.1) is 41.8 Å². The number of nitrogens with zero attached hydrogens (tertiary/aromatic N) is 3. The summed E-state index contributed by atoms with van der Waals surface area (Å²) in [6, 6.07) is 8.91. The molecular weight excluding hydrogens is 525 g/mol. The van der Waals surface area contributed by atoms with Gasteiger partial charge < -0.3 is 19.7 Å². The second-order valence-corrected chi connectivity index (χ2v) is 10.6. The number of methoxy groups -OCH3 is 2. The van der Waals surface area contributed by atoms with Gasteiger partial charge in [-0.2, -0.15) is 13.2 Å². The maximum absolute atomic E-state index is 12.6. The van der Waals surface area contributed by atoms with E-state index in [0.29, 0.717) is 33.4 Å². The van der Waals surface area contributed by atoms with E-state index in [4.69, 9.17) is 14.3 Å². The van der Waals surface area contributed by atoms with Crippen molar-refractivity contribution < 1.29 is 35.9 Å². The second-order valence-electron chi connectivity index (χ2n) is 8.36. The van der Waals surface area contributed by atoms with Crippen LogP contribution in [0.3, 0.4) is 0 Å². The molecule has 13 heteroatoms. The summed E-state index contributed by atoms with van der Waals surface area (Å²) < 4.78 is 67.2. The molecule has 0 aliphatic carbocycles. The molecule has 2 heterocycles. The third-order valence-electron chi connectivity index (χ3n) is 5.93. The zero-order chi connectivity index (χ0) is 27.9. The van der Waals surface area contributed by atoms with Crippen LogP contribution in [0.1, 0.15) is 26.2 Å². The highest BCUT2D eigenvalue weighted by molar-refractivity contribution is 7.91. The zero-order valence-corrected chi connectivity index (χ0v) is 22.0. The average Bonchev–Trinajstić information content (AvgIpc) is 2.92. The van der Waals surface area contributed by atoms with E-state index in [0.717, 1.165) is 37.0 Å². The second kappa shape index (κ2) is 12.3. The summed E-state index contributed by atoms with van der Waals surface area (Å²) >= 11 is 0. The number of ether oxygens (including phenoxy) is 2. The molecule has 38 heavy (non-hydrogen) atoms. The standard InChI is InChI=1S/C23H28N4O4S.C2HF3O/c1-4-32(28,29)16-8-9-20(27-10-6-5-7-11-27)19(12-16)26-23-17-13-21(30-2)22(31-3)14-18(17)24-15-25-23;3-2(4,5)1-6/h8-9,12-15H,4-7,10-11H2,1-3H3,(H,24,25,26);1H. The number of nitrogens with one attached hydrogen (secondary N) is 1. The molecule has 3 aromatic rings. The van der Waals surface area contributed by atoms with Crippen molar-refractivity contribution in [2.24, 2.45) is 0 Å². The first-order valence-corrected chi connectivity index (χ1v) is 13.5. The minimum Gasteiger partial charge on any atom is -0.493 e. The minimum atomic E-state index is -4.64. The molecule has 0 atom stereocenters. The number of anilines is 3. The van der Waals surface area contributed by atoms with Gasteiger partial charge in [-0.1, -0.05) is 6.92 Å². The third-order valence-corrected chi connectivity index (χ3v) is 7.66. The first-order chi connectivity index (χ1) is 18.0. The molecule has 0 radical (unpaired) electrons. The van der Waals surface area contributed by atoms with Crippen LogP contribution in [0.15, 0.2) is 41.6 Å². The van der Waals surface area contributed by atoms with Crippen LogP contribution in [0.2, 0.25) is 0 Å². The predicted octanol–water partition coefficient (Wildman–Crippen LogP) is 4.92. The number of piperidine rings is 1. The van der Waals surface area contributed by atoms with E-state index in [-0.39, 0.29) is 5.75 Å². The zero-order valence-electron chi connectivity index (χ0n) is 21.2. The van der Waals surface area contributed by atoms with Gasteiger partial charge in [0.25, 0.3) is 0 Å². The van der Waals surface area contributed by atoms with Gasteiger partial charge in [0.2, 0.25) is 6.29 Å². The first kappa shape index (κ1) is 29.0. The van der Waals surface area contributed by atoms with Crippen LogP contribution in [-0.4, -0.2) is 63.9 Å². The molecule has 1 aliphatic heterocycles. The van der Waals surface area contributed by atoms with Crippen molar-refractivity contribution in [1.29, 1.82) is 0 Å². The minimum absolute atomic E-state index is 0.0446. The molecule has 1 saturated heterocycles. The number of halogens is 3. The van der Waals surface area contributed by atoms with Gasteiger partial charge in [-0.05, 0) is 43.5 Å². The fraction of sp³-hybridized carbons (Fsp3) is 0.400. The molecule has 0 spiro atoms. The number of sulfone groups is 1. The van der Waals surface area contributed by atoms with Gasteiger partial charge in [-0.3, -0.25) is 4.79 Å². The monoisotopic (exact) mass is 554 g/mol. The summed E-state index contributed by atoms with van der Waals surface area (Å²) in [7, 11) is -0.195. The van der Waals surface area contributed by atoms with Crippen LogP contribution in [0.25, 0.3) is 10.9 Å². The fourth-order valence-corrected chi connectivity index (χ4v) is 4.90. The van der Waals surface area contributed by atoms with Crippen molar-refractivity contribution in [3.8, 4) is 11.5 Å². The molecule has 4 rings (SSSR count). The Hall–Kier alpha value is -3.61. The van der Waals surface area contributed by atoms with Crippen molar-refractivity contribution >= 4 is 44.2 Å². The fourth-order valence-electron chi connectivity index (χ4n) is 4.00. The lowest BCUT2D eigenvalue weighted by molar-refractivity contribution is -0.156. The lowest BCUT2D eigenvalue weighted by Gasteiger charge is -2.31. The first-order valence-electron chi connectivity index (χ1n) is 11.8. The van der Waals surface area contributed by atoms with Gasteiger partial charge in [-0.15, -0.1) is 0 Å². The summed E-state index contributed by atoms with van der Waals surface area (Å²) in [5.74, 6) is 1.76. The van der Waals surface area contributed by atoms with E-state index in [1.165, 1.54) is 12.7 Å². The van der Waals surface area contributed by atoms with Gasteiger partial charge >= 0.3 is 6.18 Å². The molecule has 1 aliphatic rings. The maximum atomic E-state index is 12.6. The lowest BCUT2D eigenvalue weighted by Crippen LogP contribution is -2.30. The Morgan fingerprint density at radius 1 is 1.03 bits per heavy atom. The Morgan fingerprint density at radius 2 is 1.66 bits per heavy atom. The predicted molar refractivity (Wildman–Crippen MR) is 138 cm³/mol. The SMILES string of the molecule is CCS(=O)(=O)c1ccc(N2CCCCC2)c(Nc2ncnc3cc(OC)c(OC)cc23)c1.O=CC(F)(F)F. The maximum Gasteiger partial charge on any atom is 0.446 e. The van der Waals surface area contributed by atoms with E-state index >= 15 is 0 Å². The normalized spacial score (nSPS) is 13.9. The van der Waals surface area contributed by atoms with Crippen LogP contribution in [0.5, 0.6) is 11.5 Å². The number of alkyl halides is 3. The van der Waals surface area contributed by atoms with Crippen molar-refractivity contribution in [3.05, 3.63) is 36.7 Å². The average molecular weight is 555 g/mol. The Balaban J connectivity index is 0.000000599. The summed E-state index contributed by atoms with van der Waals surface area (Å²) in [6.07, 6.45) is -0.791. The van der Waals surface area contributed by atoms with Gasteiger partial charge in [-0.25, -0.2) is 18.4 Å². The molecule has 2 aromatic carbocycles. The molecule has 9 nitrogen and oxygen atoms in total. The lowest BCUT2D eigenvalue weighted by atomic mass is 10.1. The number of benzene rings is 2. The van der Waals surface area contributed by atoms with Crippen LogP contribution in [0.4, 0.5) is 30.4 Å². The van der Waals surface area contributed by atoms with Crippen LogP contribution in [-0.2, 0) is 14.6 Å². The molecule has 1 N–H and O–H groups in total. The summed E-state index contributed by atoms with van der Waals surface area (Å²) in [5.41, 5.74) is 2.36. The van der Waals surface area contributed by atoms with Crippen molar-refractivity contribution in [2.45, 2.75) is 37.3 Å².